The Kier molecular flexibility index (Phi) is 17.2. The van der Waals surface area contributed by atoms with Crippen molar-refractivity contribution >= 4 is 0 Å². The van der Waals surface area contributed by atoms with E-state index in [1.165, 1.54) is 18.1 Å². The average molecular weight is 1050 g/mol. The fraction of sp³-hybridized carbons (Fsp3) is 0.923. The van der Waals surface area contributed by atoms with Crippen molar-refractivity contribution in [1.82, 2.24) is 0 Å². The monoisotopic (exact) mass is 1040 g/mol. The molecule has 0 radical (unpaired) electrons. The largest absolute Gasteiger partial charge is 0.494 e. The zero-order chi connectivity index (χ0) is 52.6. The van der Waals surface area contributed by atoms with Crippen LogP contribution in [-0.4, -0.2) is 216 Å². The third-order valence-electron chi connectivity index (χ3n) is 19.1. The van der Waals surface area contributed by atoms with Gasteiger partial charge in [-0.1, -0.05) is 39.3 Å². The smallest absolute Gasteiger partial charge is 0.187 e. The Balaban J connectivity index is 0.852. The van der Waals surface area contributed by atoms with Gasteiger partial charge in [0.15, 0.2) is 25.2 Å². The second-order valence-corrected chi connectivity index (χ2v) is 23.5. The first-order valence-electron chi connectivity index (χ1n) is 26.9. The van der Waals surface area contributed by atoms with E-state index in [-0.39, 0.29) is 22.9 Å². The molecule has 4 aliphatic carbocycles. The van der Waals surface area contributed by atoms with Crippen LogP contribution in [0, 0.1) is 40.4 Å². The predicted octanol–water partition coefficient (Wildman–Crippen LogP) is -0.640. The normalized spacial score (nSPS) is 52.4. The van der Waals surface area contributed by atoms with Crippen molar-refractivity contribution in [3.05, 3.63) is 23.0 Å². The SMILES string of the molecule is CC[C@H]1O[C@@H](OC[C@H](C)CCC2=C(C)[C@H]3[C@H](C[C@H]4[C@@H]5CC=C6C[C@@H](O[C@@H]7O[C@H](CO)[C@@H](O[C@@H]8O[C@H](CO)[C@@H](O)[C@H](O)[C@H]8O)[C@H](O)[C@H]7O[C@@H]7O[C@@H](C)[C@H](O)[C@@H](O)[C@H]7O)CC[C@]6(C)[C@H]5CC[C@@]43C)O2)[C@H](O)[C@@H](O)[C@@H]1O. The summed E-state index contributed by atoms with van der Waals surface area (Å²) in [7, 11) is 0. The molecule has 3 saturated carbocycles. The number of ether oxygens (including phenoxy) is 9. The van der Waals surface area contributed by atoms with Crippen LogP contribution in [0.2, 0.25) is 0 Å². The zero-order valence-corrected chi connectivity index (χ0v) is 42.9. The molecule has 21 nitrogen and oxygen atoms in total. The molecule has 29 atom stereocenters. The Morgan fingerprint density at radius 2 is 1.29 bits per heavy atom. The summed E-state index contributed by atoms with van der Waals surface area (Å²) < 4.78 is 55.0. The highest BCUT2D eigenvalue weighted by Crippen LogP contribution is 2.69. The molecule has 0 amide bonds. The van der Waals surface area contributed by atoms with E-state index in [4.69, 9.17) is 42.6 Å². The van der Waals surface area contributed by atoms with E-state index in [2.05, 4.69) is 33.8 Å². The van der Waals surface area contributed by atoms with Crippen LogP contribution in [0.25, 0.3) is 0 Å². The van der Waals surface area contributed by atoms with Gasteiger partial charge >= 0.3 is 0 Å². The van der Waals surface area contributed by atoms with Crippen LogP contribution in [0.5, 0.6) is 0 Å². The number of allylic oxidation sites excluding steroid dienone is 2. The van der Waals surface area contributed by atoms with Gasteiger partial charge in [-0.05, 0) is 112 Å². The zero-order valence-electron chi connectivity index (χ0n) is 42.9. The lowest BCUT2D eigenvalue weighted by atomic mass is 9.47. The summed E-state index contributed by atoms with van der Waals surface area (Å²) in [5, 5.41) is 127. The first-order chi connectivity index (χ1) is 34.6. The van der Waals surface area contributed by atoms with Gasteiger partial charge in [-0.15, -0.1) is 0 Å². The maximum Gasteiger partial charge on any atom is 0.187 e. The molecule has 0 spiro atoms. The standard InChI is InChI=1S/C52H84O21/c1-7-29-36(56)39(59)41(61)47(69-29)65-20-21(2)8-11-30-22(3)34-31(68-30)17-28-26-10-9-24-16-25(12-14-51(24,5)27(26)13-15-52(28,34)6)67-50-46(73-48-42(62)38(58)35(55)23(4)66-48)44(64)45(33(19-54)71-50)72-49-43(63)40(60)37(57)32(18-53)70-49/h9,21,23,25-29,31-50,53-64H,7-8,10-20H2,1-6H3/t21-,23+,25+,26-,27+,28+,29-,31+,32-,33-,34+,35+,36-,37-,38-,39+,40+,41-,42-,43-,44+,45-,46-,47-,48+,49+,50-,51+,52+/m1/s1. The molecule has 7 fully saturated rings. The van der Waals surface area contributed by atoms with Crippen molar-refractivity contribution in [1.29, 1.82) is 0 Å². The van der Waals surface area contributed by atoms with Crippen molar-refractivity contribution in [2.24, 2.45) is 40.4 Å². The maximum absolute atomic E-state index is 12.1. The van der Waals surface area contributed by atoms with Crippen molar-refractivity contribution in [2.45, 2.75) is 241 Å². The van der Waals surface area contributed by atoms with Gasteiger partial charge in [0.2, 0.25) is 0 Å². The van der Waals surface area contributed by atoms with E-state index in [0.717, 1.165) is 50.7 Å². The van der Waals surface area contributed by atoms with Gasteiger partial charge in [0, 0.05) is 12.3 Å². The minimum Gasteiger partial charge on any atom is -0.494 e. The van der Waals surface area contributed by atoms with Crippen molar-refractivity contribution in [2.75, 3.05) is 19.8 Å². The summed E-state index contributed by atoms with van der Waals surface area (Å²) in [6, 6.07) is 0. The average Bonchev–Trinajstić information content (AvgIpc) is 3.86. The summed E-state index contributed by atoms with van der Waals surface area (Å²) in [6.45, 7) is 11.4. The molecule has 0 unspecified atom stereocenters. The van der Waals surface area contributed by atoms with E-state index < -0.39 is 142 Å². The second-order valence-electron chi connectivity index (χ2n) is 23.5. The first kappa shape index (κ1) is 56.2. The molecule has 12 N–H and O–H groups in total. The fourth-order valence-electron chi connectivity index (χ4n) is 14.7. The van der Waals surface area contributed by atoms with E-state index >= 15 is 0 Å². The van der Waals surface area contributed by atoms with E-state index in [1.54, 1.807) is 0 Å². The molecule has 73 heavy (non-hydrogen) atoms. The minimum absolute atomic E-state index is 0.0768. The summed E-state index contributed by atoms with van der Waals surface area (Å²) in [5.41, 5.74) is 2.61. The van der Waals surface area contributed by atoms with E-state index in [1.807, 2.05) is 6.92 Å². The van der Waals surface area contributed by atoms with Crippen molar-refractivity contribution in [3.8, 4) is 0 Å². The Morgan fingerprint density at radius 1 is 0.671 bits per heavy atom. The van der Waals surface area contributed by atoms with Crippen molar-refractivity contribution < 1.29 is 104 Å². The van der Waals surface area contributed by atoms with Gasteiger partial charge in [-0.2, -0.15) is 0 Å². The number of aliphatic hydroxyl groups excluding tert-OH is 12. The van der Waals surface area contributed by atoms with Crippen LogP contribution >= 0.6 is 0 Å². The summed E-state index contributed by atoms with van der Waals surface area (Å²) in [6.07, 6.45) is -18.6. The molecule has 21 heteroatoms. The highest BCUT2D eigenvalue weighted by molar-refractivity contribution is 5.30. The maximum atomic E-state index is 12.1. The summed E-state index contributed by atoms with van der Waals surface area (Å²) in [4.78, 5) is 0. The lowest BCUT2D eigenvalue weighted by molar-refractivity contribution is -0.389. The molecule has 0 aromatic heterocycles. The molecule has 4 saturated heterocycles. The molecule has 5 aliphatic heterocycles. The van der Waals surface area contributed by atoms with Gasteiger partial charge in [0.1, 0.15) is 91.6 Å². The van der Waals surface area contributed by atoms with Crippen LogP contribution in [0.3, 0.4) is 0 Å². The Bertz CT molecular complexity index is 1940. The number of hydrogen-bond donors (Lipinski definition) is 12. The molecule has 5 heterocycles. The quantitative estimate of drug-likeness (QED) is 0.0908. The lowest BCUT2D eigenvalue weighted by Gasteiger charge is -2.58. The minimum atomic E-state index is -1.84. The lowest BCUT2D eigenvalue weighted by Crippen LogP contribution is -2.67. The molecule has 418 valence electrons. The van der Waals surface area contributed by atoms with Gasteiger partial charge in [0.05, 0.1) is 43.9 Å². The number of fused-ring (bicyclic) bond motifs is 7. The molecule has 0 bridgehead atoms. The third kappa shape index (κ3) is 10.3. The topological polar surface area (TPSA) is 326 Å². The Labute approximate surface area is 426 Å². The highest BCUT2D eigenvalue weighted by Gasteiger charge is 2.64. The van der Waals surface area contributed by atoms with Gasteiger partial charge in [-0.25, -0.2) is 0 Å². The second kappa shape index (κ2) is 22.3. The van der Waals surface area contributed by atoms with Gasteiger partial charge < -0.3 is 104 Å². The van der Waals surface area contributed by atoms with Gasteiger partial charge in [-0.3, -0.25) is 0 Å². The van der Waals surface area contributed by atoms with Crippen molar-refractivity contribution in [3.63, 3.8) is 0 Å². The summed E-state index contributed by atoms with van der Waals surface area (Å²) in [5.74, 6) is 2.90. The molecular weight excluding hydrogens is 961 g/mol. The van der Waals surface area contributed by atoms with Gasteiger partial charge in [0.25, 0.3) is 0 Å². The first-order valence-corrected chi connectivity index (χ1v) is 26.9. The van der Waals surface area contributed by atoms with E-state index in [9.17, 15) is 61.3 Å². The van der Waals surface area contributed by atoms with Crippen LogP contribution < -0.4 is 0 Å². The van der Waals surface area contributed by atoms with Crippen LogP contribution in [0.1, 0.15) is 106 Å². The Hall–Kier alpha value is -1.52. The number of aliphatic hydroxyl groups is 12. The number of hydrogen-bond acceptors (Lipinski definition) is 21. The van der Waals surface area contributed by atoms with Crippen LogP contribution in [0.15, 0.2) is 23.0 Å². The third-order valence-corrected chi connectivity index (χ3v) is 19.1. The molecule has 9 rings (SSSR count). The van der Waals surface area contributed by atoms with Crippen LogP contribution in [0.4, 0.5) is 0 Å². The van der Waals surface area contributed by atoms with E-state index in [0.29, 0.717) is 49.5 Å². The van der Waals surface area contributed by atoms with Crippen LogP contribution in [-0.2, 0) is 42.6 Å². The predicted molar refractivity (Wildman–Crippen MR) is 252 cm³/mol. The fourth-order valence-corrected chi connectivity index (χ4v) is 14.7. The molecule has 9 aliphatic rings. The molecule has 0 aromatic rings. The summed E-state index contributed by atoms with van der Waals surface area (Å²) >= 11 is 0. The number of rotatable bonds is 15. The molecule has 0 aromatic carbocycles. The highest BCUT2D eigenvalue weighted by atomic mass is 16.8. The Morgan fingerprint density at radius 3 is 1.97 bits per heavy atom. The molecular formula is C52H84O21.